The molecule has 0 aliphatic heterocycles. The molecular formula is C11H14ClFN2O2. The third-order valence-electron chi connectivity index (χ3n) is 2.00. The summed E-state index contributed by atoms with van der Waals surface area (Å²) in [4.78, 5) is 11.3. The van der Waals surface area contributed by atoms with Crippen molar-refractivity contribution < 1.29 is 13.9 Å². The Balaban J connectivity index is 2.39. The van der Waals surface area contributed by atoms with E-state index in [2.05, 4.69) is 10.6 Å². The number of carbonyl (C=O) groups is 1. The molecule has 0 spiro atoms. The highest BCUT2D eigenvalue weighted by Gasteiger charge is 2.04. The number of anilines is 1. The number of hydrogen-bond donors (Lipinski definition) is 2. The normalized spacial score (nSPS) is 10.1. The Morgan fingerprint density at radius 1 is 1.53 bits per heavy atom. The Kier molecular flexibility index (Phi) is 5.72. The summed E-state index contributed by atoms with van der Waals surface area (Å²) in [5.41, 5.74) is 0.397. The van der Waals surface area contributed by atoms with Crippen molar-refractivity contribution in [1.82, 2.24) is 5.32 Å². The Hall–Kier alpha value is -1.33. The van der Waals surface area contributed by atoms with E-state index in [9.17, 15) is 9.18 Å². The van der Waals surface area contributed by atoms with Gasteiger partial charge in [0, 0.05) is 13.7 Å². The van der Waals surface area contributed by atoms with Gasteiger partial charge in [0.15, 0.2) is 0 Å². The summed E-state index contributed by atoms with van der Waals surface area (Å²) in [6.07, 6.45) is 0. The fourth-order valence-corrected chi connectivity index (χ4v) is 1.35. The maximum Gasteiger partial charge on any atom is 0.239 e. The maximum absolute atomic E-state index is 12.9. The van der Waals surface area contributed by atoms with Crippen LogP contribution in [0.1, 0.15) is 0 Å². The van der Waals surface area contributed by atoms with Gasteiger partial charge in [-0.25, -0.2) is 4.39 Å². The molecule has 0 heterocycles. The smallest absolute Gasteiger partial charge is 0.239 e. The van der Waals surface area contributed by atoms with Crippen molar-refractivity contribution >= 4 is 23.2 Å². The molecule has 0 fully saturated rings. The number of amides is 1. The van der Waals surface area contributed by atoms with Gasteiger partial charge in [-0.2, -0.15) is 0 Å². The highest BCUT2D eigenvalue weighted by molar-refractivity contribution is 6.33. The van der Waals surface area contributed by atoms with Gasteiger partial charge >= 0.3 is 0 Å². The minimum Gasteiger partial charge on any atom is -0.383 e. The number of ether oxygens (including phenoxy) is 1. The average Bonchev–Trinajstić information content (AvgIpc) is 2.31. The number of methoxy groups -OCH3 is 1. The summed E-state index contributed by atoms with van der Waals surface area (Å²) in [5.74, 6) is -0.612. The Bertz CT molecular complexity index is 388. The molecule has 1 amide bonds. The molecule has 1 rings (SSSR count). The molecule has 0 saturated heterocycles. The number of nitrogens with one attached hydrogen (secondary N) is 2. The number of halogens is 2. The van der Waals surface area contributed by atoms with Crippen LogP contribution in [0.4, 0.5) is 10.1 Å². The van der Waals surface area contributed by atoms with E-state index in [0.29, 0.717) is 23.9 Å². The quantitative estimate of drug-likeness (QED) is 0.765. The number of carbonyl (C=O) groups excluding carboxylic acids is 1. The van der Waals surface area contributed by atoms with Crippen molar-refractivity contribution in [3.63, 3.8) is 0 Å². The summed E-state index contributed by atoms with van der Waals surface area (Å²) in [6.45, 7) is 0.924. The molecule has 0 aliphatic carbocycles. The fraction of sp³-hybridized carbons (Fsp3) is 0.364. The molecule has 0 bridgehead atoms. The molecular weight excluding hydrogens is 247 g/mol. The third-order valence-corrected chi connectivity index (χ3v) is 2.33. The molecule has 0 saturated carbocycles. The van der Waals surface area contributed by atoms with Gasteiger partial charge in [0.2, 0.25) is 5.91 Å². The largest absolute Gasteiger partial charge is 0.383 e. The zero-order valence-corrected chi connectivity index (χ0v) is 10.2. The first-order valence-electron chi connectivity index (χ1n) is 5.08. The Morgan fingerprint density at radius 3 is 3.00 bits per heavy atom. The van der Waals surface area contributed by atoms with Gasteiger partial charge in [0.25, 0.3) is 0 Å². The van der Waals surface area contributed by atoms with E-state index in [0.717, 1.165) is 0 Å². The lowest BCUT2D eigenvalue weighted by atomic mass is 10.3. The van der Waals surface area contributed by atoms with Crippen molar-refractivity contribution in [3.05, 3.63) is 29.0 Å². The fourth-order valence-electron chi connectivity index (χ4n) is 1.16. The van der Waals surface area contributed by atoms with Crippen LogP contribution in [0.15, 0.2) is 18.2 Å². The Labute approximate surface area is 104 Å². The first-order chi connectivity index (χ1) is 8.13. The lowest BCUT2D eigenvalue weighted by Crippen LogP contribution is -2.32. The van der Waals surface area contributed by atoms with Crippen LogP contribution in [0, 0.1) is 5.82 Å². The monoisotopic (exact) mass is 260 g/mol. The van der Waals surface area contributed by atoms with Crippen molar-refractivity contribution in [3.8, 4) is 0 Å². The second-order valence-corrected chi connectivity index (χ2v) is 3.73. The van der Waals surface area contributed by atoms with Crippen LogP contribution in [-0.2, 0) is 9.53 Å². The summed E-state index contributed by atoms with van der Waals surface area (Å²) < 4.78 is 17.7. The number of rotatable bonds is 6. The van der Waals surface area contributed by atoms with Crippen LogP contribution >= 0.6 is 11.6 Å². The molecule has 17 heavy (non-hydrogen) atoms. The van der Waals surface area contributed by atoms with Gasteiger partial charge in [-0.05, 0) is 18.2 Å². The van der Waals surface area contributed by atoms with E-state index in [1.807, 2.05) is 0 Å². The first-order valence-corrected chi connectivity index (χ1v) is 5.46. The van der Waals surface area contributed by atoms with E-state index in [1.54, 1.807) is 7.11 Å². The van der Waals surface area contributed by atoms with Gasteiger partial charge in [-0.15, -0.1) is 0 Å². The standard InChI is InChI=1S/C11H14ClFN2O2/c1-17-5-4-14-11(16)7-15-10-6-8(13)2-3-9(10)12/h2-3,6,15H,4-5,7H2,1H3,(H,14,16). The molecule has 0 aromatic heterocycles. The van der Waals surface area contributed by atoms with Crippen LogP contribution < -0.4 is 10.6 Å². The van der Waals surface area contributed by atoms with Gasteiger partial charge in [0.1, 0.15) is 5.82 Å². The predicted octanol–water partition coefficient (Wildman–Crippen LogP) is 1.65. The molecule has 0 aliphatic rings. The highest BCUT2D eigenvalue weighted by Crippen LogP contribution is 2.21. The van der Waals surface area contributed by atoms with Crippen LogP contribution in [0.3, 0.4) is 0 Å². The van der Waals surface area contributed by atoms with E-state index < -0.39 is 5.82 Å². The molecule has 4 nitrogen and oxygen atoms in total. The number of hydrogen-bond acceptors (Lipinski definition) is 3. The molecule has 6 heteroatoms. The van der Waals surface area contributed by atoms with Gasteiger partial charge in [-0.1, -0.05) is 11.6 Å². The van der Waals surface area contributed by atoms with E-state index >= 15 is 0 Å². The van der Waals surface area contributed by atoms with Crippen molar-refractivity contribution in [2.75, 3.05) is 32.1 Å². The van der Waals surface area contributed by atoms with E-state index in [1.165, 1.54) is 18.2 Å². The van der Waals surface area contributed by atoms with Gasteiger partial charge < -0.3 is 15.4 Å². The highest BCUT2D eigenvalue weighted by atomic mass is 35.5. The predicted molar refractivity (Wildman–Crippen MR) is 64.8 cm³/mol. The molecule has 0 atom stereocenters. The molecule has 2 N–H and O–H groups in total. The maximum atomic E-state index is 12.9. The lowest BCUT2D eigenvalue weighted by Gasteiger charge is -2.08. The topological polar surface area (TPSA) is 50.4 Å². The molecule has 94 valence electrons. The first kappa shape index (κ1) is 13.7. The Morgan fingerprint density at radius 2 is 2.29 bits per heavy atom. The molecule has 1 aromatic carbocycles. The van der Waals surface area contributed by atoms with Crippen LogP contribution in [0.25, 0.3) is 0 Å². The van der Waals surface area contributed by atoms with Gasteiger partial charge in [-0.3, -0.25) is 4.79 Å². The van der Waals surface area contributed by atoms with Crippen molar-refractivity contribution in [2.45, 2.75) is 0 Å². The van der Waals surface area contributed by atoms with Crippen LogP contribution in [-0.4, -0.2) is 32.7 Å². The van der Waals surface area contributed by atoms with Gasteiger partial charge in [0.05, 0.1) is 23.9 Å². The third kappa shape index (κ3) is 5.01. The summed E-state index contributed by atoms with van der Waals surface area (Å²) in [6, 6.07) is 3.93. The SMILES string of the molecule is COCCNC(=O)CNc1cc(F)ccc1Cl. The summed E-state index contributed by atoms with van der Waals surface area (Å²) in [7, 11) is 1.55. The number of benzene rings is 1. The van der Waals surface area contributed by atoms with Crippen molar-refractivity contribution in [1.29, 1.82) is 0 Å². The minimum absolute atomic E-state index is 0.0346. The molecule has 0 radical (unpaired) electrons. The molecule has 0 unspecified atom stereocenters. The zero-order valence-electron chi connectivity index (χ0n) is 9.43. The van der Waals surface area contributed by atoms with E-state index in [-0.39, 0.29) is 12.5 Å². The van der Waals surface area contributed by atoms with Crippen LogP contribution in [0.2, 0.25) is 5.02 Å². The van der Waals surface area contributed by atoms with E-state index in [4.69, 9.17) is 16.3 Å². The second-order valence-electron chi connectivity index (χ2n) is 3.32. The van der Waals surface area contributed by atoms with Crippen molar-refractivity contribution in [2.24, 2.45) is 0 Å². The summed E-state index contributed by atoms with van der Waals surface area (Å²) in [5, 5.41) is 5.75. The average molecular weight is 261 g/mol. The zero-order chi connectivity index (χ0) is 12.7. The minimum atomic E-state index is -0.406. The second kappa shape index (κ2) is 7.09. The molecule has 1 aromatic rings. The lowest BCUT2D eigenvalue weighted by molar-refractivity contribution is -0.119. The van der Waals surface area contributed by atoms with Crippen LogP contribution in [0.5, 0.6) is 0 Å². The summed E-state index contributed by atoms with van der Waals surface area (Å²) >= 11 is 5.83.